The highest BCUT2D eigenvalue weighted by molar-refractivity contribution is 6.11. The first-order chi connectivity index (χ1) is 19.7. The number of nitrogen functional groups attached to an aromatic ring is 1. The van der Waals surface area contributed by atoms with Crippen LogP contribution in [0.2, 0.25) is 0 Å². The fourth-order valence-electron chi connectivity index (χ4n) is 4.99. The van der Waals surface area contributed by atoms with Crippen molar-refractivity contribution in [2.24, 2.45) is 5.92 Å². The standard InChI is InChI=1S/C32H38FN3O5/c1-21(2)20-28(32(39)41-26-6-3-4-7-26)35-18-5-19-40-25-14-12-24(13-15-25)36-29(37)17-16-27(31(36)34)30(38)22-8-10-23(33)11-9-22/h8-17,21,26,28,35H,3-7,18-20,34H2,1-2H3. The number of aromatic nitrogens is 1. The number of ether oxygens (including phenoxy) is 2. The minimum atomic E-state index is -0.451. The summed E-state index contributed by atoms with van der Waals surface area (Å²) in [4.78, 5) is 38.3. The summed E-state index contributed by atoms with van der Waals surface area (Å²) in [6.45, 7) is 5.22. The third-order valence-corrected chi connectivity index (χ3v) is 7.13. The number of nitrogens with one attached hydrogen (secondary N) is 1. The van der Waals surface area contributed by atoms with Crippen molar-refractivity contribution in [3.63, 3.8) is 0 Å². The van der Waals surface area contributed by atoms with Gasteiger partial charge in [0.1, 0.15) is 29.5 Å². The molecular formula is C32H38FN3O5. The van der Waals surface area contributed by atoms with Crippen molar-refractivity contribution >= 4 is 17.6 Å². The fourth-order valence-corrected chi connectivity index (χ4v) is 4.99. The molecule has 4 rings (SSSR count). The first-order valence-electron chi connectivity index (χ1n) is 14.2. The summed E-state index contributed by atoms with van der Waals surface area (Å²) in [6, 6.07) is 14.3. The Kier molecular flexibility index (Phi) is 10.3. The molecule has 218 valence electrons. The maximum Gasteiger partial charge on any atom is 0.323 e. The van der Waals surface area contributed by atoms with Crippen LogP contribution < -0.4 is 21.3 Å². The summed E-state index contributed by atoms with van der Waals surface area (Å²) in [6.07, 6.45) is 5.59. The van der Waals surface area contributed by atoms with Crippen LogP contribution in [0.5, 0.6) is 5.75 Å². The maximum atomic E-state index is 13.3. The van der Waals surface area contributed by atoms with Crippen LogP contribution in [0.3, 0.4) is 0 Å². The van der Waals surface area contributed by atoms with Crippen LogP contribution in [0.15, 0.2) is 65.5 Å². The Morgan fingerprint density at radius 2 is 1.71 bits per heavy atom. The van der Waals surface area contributed by atoms with Crippen LogP contribution in [0.25, 0.3) is 5.69 Å². The third kappa shape index (κ3) is 8.04. The van der Waals surface area contributed by atoms with Crippen LogP contribution in [0, 0.1) is 11.7 Å². The lowest BCUT2D eigenvalue weighted by atomic mass is 10.0. The van der Waals surface area contributed by atoms with Gasteiger partial charge in [-0.05, 0) is 106 Å². The van der Waals surface area contributed by atoms with Crippen LogP contribution in [0.4, 0.5) is 10.2 Å². The zero-order valence-electron chi connectivity index (χ0n) is 23.6. The Bertz CT molecular complexity index is 1380. The van der Waals surface area contributed by atoms with Gasteiger partial charge in [0.05, 0.1) is 17.9 Å². The van der Waals surface area contributed by atoms with Crippen LogP contribution in [-0.4, -0.2) is 41.6 Å². The Balaban J connectivity index is 1.32. The van der Waals surface area contributed by atoms with Gasteiger partial charge in [-0.2, -0.15) is 0 Å². The normalized spacial score (nSPS) is 14.2. The van der Waals surface area contributed by atoms with E-state index in [1.807, 2.05) is 0 Å². The van der Waals surface area contributed by atoms with E-state index in [0.717, 1.165) is 25.7 Å². The first-order valence-corrected chi connectivity index (χ1v) is 14.2. The summed E-state index contributed by atoms with van der Waals surface area (Å²) in [7, 11) is 0. The van der Waals surface area contributed by atoms with E-state index < -0.39 is 11.6 Å². The van der Waals surface area contributed by atoms with Crippen molar-refractivity contribution in [2.75, 3.05) is 18.9 Å². The molecule has 1 aromatic heterocycles. The smallest absolute Gasteiger partial charge is 0.323 e. The summed E-state index contributed by atoms with van der Waals surface area (Å²) >= 11 is 0. The van der Waals surface area contributed by atoms with Crippen molar-refractivity contribution in [2.45, 2.75) is 64.5 Å². The largest absolute Gasteiger partial charge is 0.494 e. The highest BCUT2D eigenvalue weighted by Gasteiger charge is 2.26. The third-order valence-electron chi connectivity index (χ3n) is 7.13. The number of carbonyl (C=O) groups excluding carboxylic acids is 2. The Morgan fingerprint density at radius 3 is 2.37 bits per heavy atom. The maximum absolute atomic E-state index is 13.3. The van der Waals surface area contributed by atoms with Crippen molar-refractivity contribution in [3.05, 3.63) is 88.0 Å². The first kappa shape index (κ1) is 30.0. The number of carbonyl (C=O) groups is 2. The quantitative estimate of drug-likeness (QED) is 0.170. The summed E-state index contributed by atoms with van der Waals surface area (Å²) in [5, 5.41) is 3.33. The summed E-state index contributed by atoms with van der Waals surface area (Å²) < 4.78 is 26.1. The van der Waals surface area contributed by atoms with E-state index >= 15 is 0 Å². The molecule has 0 bridgehead atoms. The van der Waals surface area contributed by atoms with E-state index in [4.69, 9.17) is 15.2 Å². The number of halogens is 1. The number of hydrogen-bond acceptors (Lipinski definition) is 7. The molecule has 1 fully saturated rings. The molecule has 3 aromatic rings. The van der Waals surface area contributed by atoms with Crippen molar-refractivity contribution in [1.82, 2.24) is 9.88 Å². The van der Waals surface area contributed by atoms with Crippen LogP contribution in [-0.2, 0) is 9.53 Å². The van der Waals surface area contributed by atoms with E-state index in [9.17, 15) is 18.8 Å². The van der Waals surface area contributed by atoms with E-state index in [-0.39, 0.29) is 40.6 Å². The van der Waals surface area contributed by atoms with Gasteiger partial charge in [0, 0.05) is 11.6 Å². The van der Waals surface area contributed by atoms with Crippen molar-refractivity contribution in [3.8, 4) is 11.4 Å². The van der Waals surface area contributed by atoms with Crippen LogP contribution >= 0.6 is 0 Å². The molecule has 0 radical (unpaired) electrons. The molecule has 1 aliphatic rings. The highest BCUT2D eigenvalue weighted by atomic mass is 19.1. The molecule has 1 saturated carbocycles. The number of pyridine rings is 1. The predicted molar refractivity (Wildman–Crippen MR) is 156 cm³/mol. The van der Waals surface area contributed by atoms with Gasteiger partial charge in [-0.25, -0.2) is 4.39 Å². The number of anilines is 1. The summed E-state index contributed by atoms with van der Waals surface area (Å²) in [5.74, 6) is -0.0612. The Labute approximate surface area is 239 Å². The highest BCUT2D eigenvalue weighted by Crippen LogP contribution is 2.23. The van der Waals surface area contributed by atoms with Gasteiger partial charge in [0.15, 0.2) is 5.78 Å². The lowest BCUT2D eigenvalue weighted by Gasteiger charge is -2.21. The second-order valence-electron chi connectivity index (χ2n) is 10.8. The fraction of sp³-hybridized carbons (Fsp3) is 0.406. The molecule has 1 aliphatic carbocycles. The molecule has 3 N–H and O–H groups in total. The molecular weight excluding hydrogens is 525 g/mol. The molecule has 1 unspecified atom stereocenters. The average molecular weight is 564 g/mol. The number of nitrogens with zero attached hydrogens (tertiary/aromatic N) is 1. The minimum absolute atomic E-state index is 0.00558. The number of ketones is 1. The van der Waals surface area contributed by atoms with Crippen molar-refractivity contribution in [1.29, 1.82) is 0 Å². The van der Waals surface area contributed by atoms with Crippen LogP contribution in [0.1, 0.15) is 68.3 Å². The van der Waals surface area contributed by atoms with Gasteiger partial charge in [-0.15, -0.1) is 0 Å². The van der Waals surface area contributed by atoms with E-state index in [1.165, 1.54) is 41.0 Å². The zero-order valence-corrected chi connectivity index (χ0v) is 23.6. The van der Waals surface area contributed by atoms with Crippen molar-refractivity contribution < 1.29 is 23.5 Å². The van der Waals surface area contributed by atoms with E-state index in [1.54, 1.807) is 24.3 Å². The van der Waals surface area contributed by atoms with Gasteiger partial charge in [0.2, 0.25) is 0 Å². The zero-order chi connectivity index (χ0) is 29.4. The number of benzene rings is 2. The SMILES string of the molecule is CC(C)CC(NCCCOc1ccc(-n2c(N)c(C(=O)c3ccc(F)cc3)ccc2=O)cc1)C(=O)OC1CCCC1. The lowest BCUT2D eigenvalue weighted by Crippen LogP contribution is -2.41. The molecule has 0 saturated heterocycles. The van der Waals surface area contributed by atoms with Gasteiger partial charge in [0.25, 0.3) is 5.56 Å². The molecule has 1 atom stereocenters. The van der Waals surface area contributed by atoms with E-state index in [0.29, 0.717) is 43.3 Å². The molecule has 0 spiro atoms. The minimum Gasteiger partial charge on any atom is -0.494 e. The average Bonchev–Trinajstić information content (AvgIpc) is 3.46. The Hall–Kier alpha value is -3.98. The number of hydrogen-bond donors (Lipinski definition) is 2. The second kappa shape index (κ2) is 14.1. The summed E-state index contributed by atoms with van der Waals surface area (Å²) in [5.41, 5.74) is 6.76. The molecule has 1 heterocycles. The molecule has 2 aromatic carbocycles. The van der Waals surface area contributed by atoms with Gasteiger partial charge in [-0.1, -0.05) is 13.8 Å². The second-order valence-corrected chi connectivity index (χ2v) is 10.8. The molecule has 0 aliphatic heterocycles. The number of nitrogens with two attached hydrogens (primary N) is 1. The van der Waals surface area contributed by atoms with E-state index in [2.05, 4.69) is 19.2 Å². The number of rotatable bonds is 13. The molecule has 0 amide bonds. The lowest BCUT2D eigenvalue weighted by molar-refractivity contribution is -0.151. The molecule has 8 nitrogen and oxygen atoms in total. The predicted octanol–water partition coefficient (Wildman–Crippen LogP) is 5.05. The topological polar surface area (TPSA) is 113 Å². The van der Waals surface area contributed by atoms with Gasteiger partial charge < -0.3 is 20.5 Å². The monoisotopic (exact) mass is 563 g/mol. The molecule has 9 heteroatoms. The number of esters is 1. The molecule has 41 heavy (non-hydrogen) atoms. The van der Waals surface area contributed by atoms with Gasteiger partial charge in [-0.3, -0.25) is 19.0 Å². The van der Waals surface area contributed by atoms with Gasteiger partial charge >= 0.3 is 5.97 Å². The Morgan fingerprint density at radius 1 is 1.02 bits per heavy atom.